The van der Waals surface area contributed by atoms with Crippen LogP contribution in [0, 0.1) is 22.3 Å². The maximum atomic E-state index is 13.8. The third kappa shape index (κ3) is 6.67. The summed E-state index contributed by atoms with van der Waals surface area (Å²) < 4.78 is 72.2. The summed E-state index contributed by atoms with van der Waals surface area (Å²) >= 11 is 6.19. The second kappa shape index (κ2) is 10.8. The molecule has 2 aromatic carbocycles. The lowest BCUT2D eigenvalue weighted by atomic mass is 10.2. The molecule has 7 nitrogen and oxygen atoms in total. The summed E-state index contributed by atoms with van der Waals surface area (Å²) in [5.74, 6) is -6.07. The number of halogens is 5. The second-order valence-corrected chi connectivity index (χ2v) is 10.4. The summed E-state index contributed by atoms with van der Waals surface area (Å²) in [5.41, 5.74) is 0.389. The Morgan fingerprint density at radius 2 is 1.73 bits per heavy atom. The molecule has 0 radical (unpaired) electrons. The van der Waals surface area contributed by atoms with E-state index in [2.05, 4.69) is 49.9 Å². The fourth-order valence-electron chi connectivity index (χ4n) is 2.12. The molecular weight excluding hydrogens is 767 g/mol. The highest BCUT2D eigenvalue weighted by Gasteiger charge is 2.20. The van der Waals surface area contributed by atoms with Crippen molar-refractivity contribution in [3.05, 3.63) is 52.2 Å². The molecule has 162 valence electrons. The van der Waals surface area contributed by atoms with Gasteiger partial charge in [-0.15, -0.1) is 0 Å². The highest BCUT2D eigenvalue weighted by Crippen LogP contribution is 2.26. The van der Waals surface area contributed by atoms with E-state index >= 15 is 0 Å². The average Bonchev–Trinajstić information content (AvgIpc) is 2.64. The van der Waals surface area contributed by atoms with E-state index < -0.39 is 44.3 Å². The summed E-state index contributed by atoms with van der Waals surface area (Å²) in [6.07, 6.45) is -0.226. The van der Waals surface area contributed by atoms with Gasteiger partial charge < -0.3 is 14.0 Å². The fraction of sp³-hybridized carbons (Fsp3) is 0.176. The minimum atomic E-state index is -5.21. The Kier molecular flexibility index (Phi) is 9.19. The van der Waals surface area contributed by atoms with Crippen molar-refractivity contribution in [3.8, 4) is 5.75 Å². The third-order valence-electron chi connectivity index (χ3n) is 3.48. The predicted octanol–water partition coefficient (Wildman–Crippen LogP) is 4.23. The van der Waals surface area contributed by atoms with Gasteiger partial charge in [-0.3, -0.25) is 4.79 Å². The summed E-state index contributed by atoms with van der Waals surface area (Å²) in [5, 5.41) is 0. The molecule has 0 atom stereocenters. The van der Waals surface area contributed by atoms with Crippen LogP contribution in [-0.4, -0.2) is 31.5 Å². The lowest BCUT2D eigenvalue weighted by molar-refractivity contribution is -0.134. The standard InChI is InChI=1S/C17H11F2I3O7S/c18-14-11(3-4-12(15(14)19)30(25,26)27)29-13(23)2-1-5-28-17(24)9-6-8(20)7-10(21)16(9)22/h3-4,6-7H,1-2,5H2,(H,25,26,27)/p-1. The molecular formula is C17H10F2I3O7S-. The zero-order valence-electron chi connectivity index (χ0n) is 14.6. The van der Waals surface area contributed by atoms with E-state index in [4.69, 9.17) is 4.74 Å². The Balaban J connectivity index is 1.91. The zero-order valence-corrected chi connectivity index (χ0v) is 21.9. The molecule has 0 N–H and O–H groups in total. The number of rotatable bonds is 7. The van der Waals surface area contributed by atoms with Crippen LogP contribution in [0.1, 0.15) is 23.2 Å². The van der Waals surface area contributed by atoms with E-state index in [9.17, 15) is 31.3 Å². The first-order valence-electron chi connectivity index (χ1n) is 7.88. The van der Waals surface area contributed by atoms with Crippen molar-refractivity contribution in [2.45, 2.75) is 17.7 Å². The van der Waals surface area contributed by atoms with Gasteiger partial charge in [0.1, 0.15) is 10.1 Å². The average molecular weight is 777 g/mol. The van der Waals surface area contributed by atoms with Gasteiger partial charge in [0.2, 0.25) is 5.82 Å². The number of carbonyl (C=O) groups is 2. The molecule has 0 aromatic heterocycles. The highest BCUT2D eigenvalue weighted by molar-refractivity contribution is 14.1. The smallest absolute Gasteiger partial charge is 0.339 e. The van der Waals surface area contributed by atoms with E-state index in [1.54, 1.807) is 6.07 Å². The van der Waals surface area contributed by atoms with Crippen LogP contribution >= 0.6 is 67.8 Å². The first-order valence-corrected chi connectivity index (χ1v) is 12.5. The fourth-order valence-corrected chi connectivity index (χ4v) is 5.04. The molecule has 0 amide bonds. The van der Waals surface area contributed by atoms with Crippen LogP contribution in [0.5, 0.6) is 5.75 Å². The van der Waals surface area contributed by atoms with Gasteiger partial charge >= 0.3 is 11.9 Å². The SMILES string of the molecule is O=C(CCCOC(=O)c1cc(I)cc(I)c1I)Oc1ccc(S(=O)(=O)[O-])c(F)c1F. The number of ether oxygens (including phenoxy) is 2. The molecule has 30 heavy (non-hydrogen) atoms. The van der Waals surface area contributed by atoms with E-state index in [0.29, 0.717) is 17.7 Å². The Bertz CT molecular complexity index is 1110. The van der Waals surface area contributed by atoms with Crippen LogP contribution < -0.4 is 4.74 Å². The minimum absolute atomic E-state index is 0.0549. The van der Waals surface area contributed by atoms with Crippen molar-refractivity contribution >= 4 is 89.8 Å². The number of benzene rings is 2. The second-order valence-electron chi connectivity index (χ2n) is 5.61. The van der Waals surface area contributed by atoms with Crippen molar-refractivity contribution in [1.29, 1.82) is 0 Å². The monoisotopic (exact) mass is 777 g/mol. The minimum Gasteiger partial charge on any atom is -0.744 e. The van der Waals surface area contributed by atoms with Gasteiger partial charge in [-0.25, -0.2) is 17.6 Å². The van der Waals surface area contributed by atoms with Crippen LogP contribution in [-0.2, 0) is 19.6 Å². The van der Waals surface area contributed by atoms with Gasteiger partial charge in [0, 0.05) is 17.1 Å². The number of hydrogen-bond donors (Lipinski definition) is 0. The highest BCUT2D eigenvalue weighted by atomic mass is 127. The molecule has 0 heterocycles. The first-order chi connectivity index (χ1) is 13.9. The molecule has 0 saturated carbocycles. The van der Waals surface area contributed by atoms with E-state index in [1.807, 2.05) is 28.7 Å². The van der Waals surface area contributed by atoms with Gasteiger partial charge in [0.25, 0.3) is 0 Å². The molecule has 0 aliphatic carbocycles. The largest absolute Gasteiger partial charge is 0.744 e. The van der Waals surface area contributed by atoms with E-state index in [-0.39, 0.29) is 19.4 Å². The van der Waals surface area contributed by atoms with Crippen molar-refractivity contribution in [1.82, 2.24) is 0 Å². The summed E-state index contributed by atoms with van der Waals surface area (Å²) in [4.78, 5) is 22.6. The Morgan fingerprint density at radius 1 is 1.07 bits per heavy atom. The van der Waals surface area contributed by atoms with Gasteiger partial charge in [-0.05, 0) is 98.5 Å². The van der Waals surface area contributed by atoms with Crippen molar-refractivity contribution in [3.63, 3.8) is 0 Å². The predicted molar refractivity (Wildman–Crippen MR) is 124 cm³/mol. The van der Waals surface area contributed by atoms with Gasteiger partial charge in [-0.1, -0.05) is 0 Å². The number of hydrogen-bond acceptors (Lipinski definition) is 7. The maximum Gasteiger partial charge on any atom is 0.339 e. The maximum absolute atomic E-state index is 13.8. The lowest BCUT2D eigenvalue weighted by Gasteiger charge is -2.11. The molecule has 0 unspecified atom stereocenters. The van der Waals surface area contributed by atoms with Crippen molar-refractivity contribution in [2.75, 3.05) is 6.61 Å². The topological polar surface area (TPSA) is 110 Å². The van der Waals surface area contributed by atoms with Gasteiger partial charge in [0.15, 0.2) is 11.6 Å². The van der Waals surface area contributed by atoms with Crippen LogP contribution in [0.25, 0.3) is 0 Å². The van der Waals surface area contributed by atoms with E-state index in [0.717, 1.165) is 10.7 Å². The molecule has 0 bridgehead atoms. The third-order valence-corrected chi connectivity index (χ3v) is 8.00. The van der Waals surface area contributed by atoms with Crippen LogP contribution in [0.2, 0.25) is 0 Å². The van der Waals surface area contributed by atoms with Gasteiger partial charge in [0.05, 0.1) is 17.1 Å². The number of esters is 2. The Morgan fingerprint density at radius 3 is 2.37 bits per heavy atom. The molecule has 0 fully saturated rings. The van der Waals surface area contributed by atoms with Crippen molar-refractivity contribution in [2.24, 2.45) is 0 Å². The van der Waals surface area contributed by atoms with Crippen LogP contribution in [0.15, 0.2) is 29.2 Å². The Hall–Kier alpha value is -0.660. The summed E-state index contributed by atoms with van der Waals surface area (Å²) in [6.45, 7) is -0.115. The van der Waals surface area contributed by atoms with E-state index in [1.165, 1.54) is 0 Å². The van der Waals surface area contributed by atoms with Gasteiger partial charge in [-0.2, -0.15) is 4.39 Å². The molecule has 2 aromatic rings. The first kappa shape index (κ1) is 25.6. The number of carbonyl (C=O) groups excluding carboxylic acids is 2. The van der Waals surface area contributed by atoms with Crippen LogP contribution in [0.3, 0.4) is 0 Å². The lowest BCUT2D eigenvalue weighted by Crippen LogP contribution is -2.14. The van der Waals surface area contributed by atoms with Crippen molar-refractivity contribution < 1.29 is 40.8 Å². The molecule has 0 aliphatic heterocycles. The zero-order chi connectivity index (χ0) is 22.6. The molecule has 0 spiro atoms. The molecule has 2 rings (SSSR count). The van der Waals surface area contributed by atoms with Crippen LogP contribution in [0.4, 0.5) is 8.78 Å². The molecule has 0 aliphatic rings. The molecule has 13 heteroatoms. The summed E-state index contributed by atoms with van der Waals surface area (Å²) in [7, 11) is -5.21. The Labute approximate surface area is 211 Å². The molecule has 0 saturated heterocycles. The summed E-state index contributed by atoms with van der Waals surface area (Å²) in [6, 6.07) is 4.75. The quantitative estimate of drug-likeness (QED) is 0.104. The normalized spacial score (nSPS) is 11.3.